The monoisotopic (exact) mass is 384 g/mol. The average molecular weight is 385 g/mol. The maximum atomic E-state index is 13.0. The first-order chi connectivity index (χ1) is 13.1. The molecule has 0 saturated carbocycles. The second kappa shape index (κ2) is 17.1. The highest BCUT2D eigenvalue weighted by atomic mass is 16.6. The molecule has 0 saturated heterocycles. The molecule has 0 aliphatic carbocycles. The summed E-state index contributed by atoms with van der Waals surface area (Å²) in [6.07, 6.45) is 13.1. The normalized spacial score (nSPS) is 11.4. The minimum absolute atomic E-state index is 0.362. The van der Waals surface area contributed by atoms with E-state index < -0.39 is 5.41 Å². The van der Waals surface area contributed by atoms with Gasteiger partial charge in [0, 0.05) is 0 Å². The maximum Gasteiger partial charge on any atom is 0.323 e. The first kappa shape index (κ1) is 25.9. The molecule has 0 rings (SSSR count). The van der Waals surface area contributed by atoms with Gasteiger partial charge in [0.1, 0.15) is 0 Å². The molecular formula is C23H44O4. The van der Waals surface area contributed by atoms with E-state index in [1.54, 1.807) is 0 Å². The maximum absolute atomic E-state index is 13.0. The van der Waals surface area contributed by atoms with Crippen LogP contribution in [-0.4, -0.2) is 25.2 Å². The molecule has 0 amide bonds. The highest BCUT2D eigenvalue weighted by molar-refractivity contribution is 6.00. The Morgan fingerprint density at radius 2 is 0.926 bits per heavy atom. The lowest BCUT2D eigenvalue weighted by Crippen LogP contribution is -2.42. The molecule has 0 unspecified atom stereocenters. The van der Waals surface area contributed by atoms with Crippen molar-refractivity contribution in [3.05, 3.63) is 0 Å². The van der Waals surface area contributed by atoms with Crippen LogP contribution in [0.3, 0.4) is 0 Å². The van der Waals surface area contributed by atoms with Gasteiger partial charge in [0.15, 0.2) is 5.41 Å². The van der Waals surface area contributed by atoms with Crippen molar-refractivity contribution in [3.8, 4) is 0 Å². The van der Waals surface area contributed by atoms with Gasteiger partial charge in [-0.2, -0.15) is 0 Å². The van der Waals surface area contributed by atoms with E-state index in [9.17, 15) is 9.59 Å². The van der Waals surface area contributed by atoms with Crippen LogP contribution in [-0.2, 0) is 19.1 Å². The Hall–Kier alpha value is -1.06. The van der Waals surface area contributed by atoms with E-state index in [1.807, 2.05) is 0 Å². The number of unbranched alkanes of at least 4 members (excludes halogenated alkanes) is 8. The zero-order chi connectivity index (χ0) is 20.4. The van der Waals surface area contributed by atoms with Crippen molar-refractivity contribution in [3.63, 3.8) is 0 Å². The first-order valence-corrected chi connectivity index (χ1v) is 11.4. The molecule has 0 radical (unpaired) electrons. The van der Waals surface area contributed by atoms with Crippen molar-refractivity contribution >= 4 is 11.9 Å². The van der Waals surface area contributed by atoms with Crippen LogP contribution in [0.4, 0.5) is 0 Å². The van der Waals surface area contributed by atoms with Crippen LogP contribution in [0.25, 0.3) is 0 Å². The van der Waals surface area contributed by atoms with E-state index in [0.717, 1.165) is 77.0 Å². The topological polar surface area (TPSA) is 52.6 Å². The average Bonchev–Trinajstić information content (AvgIpc) is 2.67. The fourth-order valence-electron chi connectivity index (χ4n) is 3.24. The largest absolute Gasteiger partial charge is 0.465 e. The minimum Gasteiger partial charge on any atom is -0.465 e. The highest BCUT2D eigenvalue weighted by Crippen LogP contribution is 2.35. The number of carbonyl (C=O) groups excluding carboxylic acids is 2. The molecule has 4 nitrogen and oxygen atoms in total. The second-order valence-corrected chi connectivity index (χ2v) is 7.68. The standard InChI is InChI=1S/C23H44O4/c1-5-9-13-15-19-26-21(24)23(17-11-7-3,18-12-8-4)22(25)27-20-16-14-10-6-2/h5-20H2,1-4H3. The van der Waals surface area contributed by atoms with Crippen molar-refractivity contribution < 1.29 is 19.1 Å². The molecule has 0 N–H and O–H groups in total. The van der Waals surface area contributed by atoms with Gasteiger partial charge in [-0.3, -0.25) is 9.59 Å². The molecular weight excluding hydrogens is 340 g/mol. The van der Waals surface area contributed by atoms with E-state index in [2.05, 4.69) is 27.7 Å². The quantitative estimate of drug-likeness (QED) is 0.152. The van der Waals surface area contributed by atoms with Crippen molar-refractivity contribution in [2.24, 2.45) is 5.41 Å². The van der Waals surface area contributed by atoms with E-state index in [-0.39, 0.29) is 11.9 Å². The van der Waals surface area contributed by atoms with Crippen molar-refractivity contribution in [1.29, 1.82) is 0 Å². The fraction of sp³-hybridized carbons (Fsp3) is 0.913. The lowest BCUT2D eigenvalue weighted by molar-refractivity contribution is -0.174. The van der Waals surface area contributed by atoms with Crippen LogP contribution in [0.5, 0.6) is 0 Å². The summed E-state index contributed by atoms with van der Waals surface area (Å²) in [6, 6.07) is 0. The molecule has 0 aliphatic rings. The Balaban J connectivity index is 4.95. The molecule has 0 aromatic heterocycles. The summed E-state index contributed by atoms with van der Waals surface area (Å²) >= 11 is 0. The van der Waals surface area contributed by atoms with Crippen LogP contribution in [0.2, 0.25) is 0 Å². The predicted molar refractivity (Wildman–Crippen MR) is 112 cm³/mol. The summed E-state index contributed by atoms with van der Waals surface area (Å²) in [5.74, 6) is -0.723. The zero-order valence-corrected chi connectivity index (χ0v) is 18.4. The smallest absolute Gasteiger partial charge is 0.323 e. The lowest BCUT2D eigenvalue weighted by atomic mass is 9.78. The van der Waals surface area contributed by atoms with Gasteiger partial charge >= 0.3 is 11.9 Å². The molecule has 0 fully saturated rings. The van der Waals surface area contributed by atoms with Gasteiger partial charge in [0.2, 0.25) is 0 Å². The highest BCUT2D eigenvalue weighted by Gasteiger charge is 2.47. The van der Waals surface area contributed by atoms with E-state index in [0.29, 0.717) is 26.1 Å². The van der Waals surface area contributed by atoms with Gasteiger partial charge in [-0.05, 0) is 25.7 Å². The van der Waals surface area contributed by atoms with Crippen molar-refractivity contribution in [2.45, 2.75) is 118 Å². The molecule has 27 heavy (non-hydrogen) atoms. The van der Waals surface area contributed by atoms with Crippen LogP contribution in [0, 0.1) is 5.41 Å². The van der Waals surface area contributed by atoms with Gasteiger partial charge in [-0.15, -0.1) is 0 Å². The second-order valence-electron chi connectivity index (χ2n) is 7.68. The molecule has 160 valence electrons. The van der Waals surface area contributed by atoms with Crippen LogP contribution in [0.15, 0.2) is 0 Å². The molecule has 4 heteroatoms. The SMILES string of the molecule is CCCCCCOC(=O)C(CCCC)(CCCC)C(=O)OCCCCCC. The summed E-state index contributed by atoms with van der Waals surface area (Å²) in [5, 5.41) is 0. The van der Waals surface area contributed by atoms with Crippen LogP contribution >= 0.6 is 0 Å². The van der Waals surface area contributed by atoms with Gasteiger partial charge in [-0.25, -0.2) is 0 Å². The summed E-state index contributed by atoms with van der Waals surface area (Å²) in [6.45, 7) is 9.28. The number of hydrogen-bond donors (Lipinski definition) is 0. The zero-order valence-electron chi connectivity index (χ0n) is 18.4. The number of rotatable bonds is 18. The Bertz CT molecular complexity index is 343. The predicted octanol–water partition coefficient (Wildman–Crippen LogP) is 6.60. The van der Waals surface area contributed by atoms with Crippen LogP contribution < -0.4 is 0 Å². The Morgan fingerprint density at radius 3 is 1.26 bits per heavy atom. The third-order valence-electron chi connectivity index (χ3n) is 5.16. The van der Waals surface area contributed by atoms with Crippen LogP contribution in [0.1, 0.15) is 118 Å². The summed E-state index contributed by atoms with van der Waals surface area (Å²) < 4.78 is 11.1. The number of ether oxygens (including phenoxy) is 2. The Morgan fingerprint density at radius 1 is 0.556 bits per heavy atom. The molecule has 0 atom stereocenters. The molecule has 0 bridgehead atoms. The molecule has 0 aliphatic heterocycles. The summed E-state index contributed by atoms with van der Waals surface area (Å²) in [5.41, 5.74) is -1.11. The summed E-state index contributed by atoms with van der Waals surface area (Å²) in [7, 11) is 0. The fourth-order valence-corrected chi connectivity index (χ4v) is 3.24. The summed E-state index contributed by atoms with van der Waals surface area (Å²) in [4.78, 5) is 25.9. The van der Waals surface area contributed by atoms with Crippen molar-refractivity contribution in [2.75, 3.05) is 13.2 Å². The molecule has 0 heterocycles. The molecule has 0 aromatic rings. The number of esters is 2. The van der Waals surface area contributed by atoms with E-state index >= 15 is 0 Å². The van der Waals surface area contributed by atoms with Gasteiger partial charge in [0.05, 0.1) is 13.2 Å². The molecule has 0 spiro atoms. The Labute approximate surface area is 167 Å². The Kier molecular flexibility index (Phi) is 16.4. The minimum atomic E-state index is -1.11. The third-order valence-corrected chi connectivity index (χ3v) is 5.16. The third kappa shape index (κ3) is 10.8. The van der Waals surface area contributed by atoms with E-state index in [4.69, 9.17) is 9.47 Å². The number of hydrogen-bond acceptors (Lipinski definition) is 4. The van der Waals surface area contributed by atoms with E-state index in [1.165, 1.54) is 0 Å². The van der Waals surface area contributed by atoms with Gasteiger partial charge in [0.25, 0.3) is 0 Å². The number of carbonyl (C=O) groups is 2. The lowest BCUT2D eigenvalue weighted by Gasteiger charge is -2.29. The first-order valence-electron chi connectivity index (χ1n) is 11.4. The molecule has 0 aromatic carbocycles. The van der Waals surface area contributed by atoms with Gasteiger partial charge < -0.3 is 9.47 Å². The van der Waals surface area contributed by atoms with Crippen molar-refractivity contribution in [1.82, 2.24) is 0 Å². The van der Waals surface area contributed by atoms with Gasteiger partial charge in [-0.1, -0.05) is 91.9 Å².